The molecule has 27 heavy (non-hydrogen) atoms. The number of carbonyl (C=O) groups excluding carboxylic acids is 1. The quantitative estimate of drug-likeness (QED) is 0.872. The van der Waals surface area contributed by atoms with Crippen molar-refractivity contribution in [3.63, 3.8) is 0 Å². The van der Waals surface area contributed by atoms with Crippen LogP contribution in [0.15, 0.2) is 24.3 Å². The Hall–Kier alpha value is -2.63. The smallest absolute Gasteiger partial charge is 0.262 e. The van der Waals surface area contributed by atoms with E-state index in [1.54, 1.807) is 6.07 Å². The predicted molar refractivity (Wildman–Crippen MR) is 107 cm³/mol. The van der Waals surface area contributed by atoms with Crippen LogP contribution in [0.5, 0.6) is 5.88 Å². The number of anilines is 2. The van der Waals surface area contributed by atoms with Crippen LogP contribution in [0, 0.1) is 26.7 Å². The molecule has 1 fully saturated rings. The van der Waals surface area contributed by atoms with Crippen LogP contribution in [0.25, 0.3) is 0 Å². The minimum absolute atomic E-state index is 0.0837. The Balaban J connectivity index is 1.63. The van der Waals surface area contributed by atoms with Gasteiger partial charge in [-0.05, 0) is 56.7 Å². The van der Waals surface area contributed by atoms with Gasteiger partial charge in [0.25, 0.3) is 5.91 Å². The number of carbonyl (C=O) groups is 1. The second-order valence-electron chi connectivity index (χ2n) is 7.50. The van der Waals surface area contributed by atoms with Crippen LogP contribution in [0.4, 0.5) is 11.6 Å². The van der Waals surface area contributed by atoms with Gasteiger partial charge in [-0.15, -0.1) is 0 Å². The number of benzene rings is 1. The molecule has 0 aliphatic carbocycles. The molecule has 144 valence electrons. The average molecular weight is 368 g/mol. The van der Waals surface area contributed by atoms with Gasteiger partial charge in [0.2, 0.25) is 11.8 Å². The Bertz CT molecular complexity index is 822. The summed E-state index contributed by atoms with van der Waals surface area (Å²) in [6.45, 7) is 9.96. The monoisotopic (exact) mass is 368 g/mol. The van der Waals surface area contributed by atoms with Crippen molar-refractivity contribution < 1.29 is 9.53 Å². The van der Waals surface area contributed by atoms with E-state index in [0.717, 1.165) is 42.0 Å². The maximum Gasteiger partial charge on any atom is 0.262 e. The third-order valence-corrected chi connectivity index (χ3v) is 4.78. The Labute approximate surface area is 161 Å². The van der Waals surface area contributed by atoms with Crippen LogP contribution in [-0.2, 0) is 4.79 Å². The van der Waals surface area contributed by atoms with E-state index in [1.165, 1.54) is 6.42 Å². The Morgan fingerprint density at radius 3 is 2.85 bits per heavy atom. The molecule has 6 heteroatoms. The maximum absolute atomic E-state index is 12.3. The number of rotatable bonds is 5. The van der Waals surface area contributed by atoms with Gasteiger partial charge in [0.1, 0.15) is 0 Å². The average Bonchev–Trinajstić information content (AvgIpc) is 2.63. The molecule has 2 aromatic rings. The van der Waals surface area contributed by atoms with Crippen molar-refractivity contribution in [2.45, 2.75) is 40.5 Å². The molecule has 1 N–H and O–H groups in total. The first kappa shape index (κ1) is 19.1. The Morgan fingerprint density at radius 2 is 2.07 bits per heavy atom. The zero-order valence-electron chi connectivity index (χ0n) is 16.6. The Kier molecular flexibility index (Phi) is 5.94. The minimum Gasteiger partial charge on any atom is -0.467 e. The van der Waals surface area contributed by atoms with Gasteiger partial charge < -0.3 is 15.0 Å². The van der Waals surface area contributed by atoms with E-state index in [2.05, 4.69) is 27.1 Å². The lowest BCUT2D eigenvalue weighted by Crippen LogP contribution is -2.35. The largest absolute Gasteiger partial charge is 0.467 e. The first-order valence-corrected chi connectivity index (χ1v) is 9.51. The van der Waals surface area contributed by atoms with Crippen LogP contribution in [-0.4, -0.2) is 35.6 Å². The molecule has 0 spiro atoms. The van der Waals surface area contributed by atoms with Gasteiger partial charge in [0.05, 0.1) is 0 Å². The van der Waals surface area contributed by atoms with Crippen molar-refractivity contribution in [3.05, 3.63) is 41.1 Å². The zero-order valence-corrected chi connectivity index (χ0v) is 16.6. The number of hydrogen-bond donors (Lipinski definition) is 1. The molecule has 1 saturated heterocycles. The molecule has 1 aromatic heterocycles. The molecule has 1 aliphatic heterocycles. The summed E-state index contributed by atoms with van der Waals surface area (Å²) in [4.78, 5) is 23.5. The molecule has 1 aromatic carbocycles. The van der Waals surface area contributed by atoms with E-state index in [4.69, 9.17) is 4.74 Å². The summed E-state index contributed by atoms with van der Waals surface area (Å²) in [6, 6.07) is 7.74. The number of piperidine rings is 1. The molecule has 0 radical (unpaired) electrons. The fourth-order valence-corrected chi connectivity index (χ4v) is 3.31. The van der Waals surface area contributed by atoms with Crippen molar-refractivity contribution in [2.75, 3.05) is 29.9 Å². The normalized spacial score (nSPS) is 16.9. The summed E-state index contributed by atoms with van der Waals surface area (Å²) in [5.74, 6) is 1.56. The van der Waals surface area contributed by atoms with Crippen LogP contribution in [0.1, 0.15) is 36.6 Å². The maximum atomic E-state index is 12.3. The molecular formula is C21H28N4O2. The number of hydrogen-bond acceptors (Lipinski definition) is 5. The topological polar surface area (TPSA) is 67.3 Å². The van der Waals surface area contributed by atoms with Crippen molar-refractivity contribution in [2.24, 2.45) is 5.92 Å². The Morgan fingerprint density at radius 1 is 1.26 bits per heavy atom. The van der Waals surface area contributed by atoms with Crippen LogP contribution >= 0.6 is 0 Å². The molecule has 6 nitrogen and oxygen atoms in total. The number of aryl methyl sites for hydroxylation is 3. The summed E-state index contributed by atoms with van der Waals surface area (Å²) in [7, 11) is 0. The highest BCUT2D eigenvalue weighted by molar-refractivity contribution is 5.92. The van der Waals surface area contributed by atoms with Gasteiger partial charge in [-0.1, -0.05) is 19.1 Å². The molecule has 2 heterocycles. The number of amides is 1. The fourth-order valence-electron chi connectivity index (χ4n) is 3.31. The minimum atomic E-state index is -0.201. The van der Waals surface area contributed by atoms with Crippen LogP contribution < -0.4 is 15.0 Å². The molecule has 0 saturated carbocycles. The molecule has 1 aliphatic rings. The summed E-state index contributed by atoms with van der Waals surface area (Å²) in [5.41, 5.74) is 3.77. The number of aromatic nitrogens is 2. The van der Waals surface area contributed by atoms with Crippen molar-refractivity contribution in [1.82, 2.24) is 9.97 Å². The molecule has 0 bridgehead atoms. The lowest BCUT2D eigenvalue weighted by atomic mass is 10.0. The van der Waals surface area contributed by atoms with Crippen LogP contribution in [0.2, 0.25) is 0 Å². The van der Waals surface area contributed by atoms with Gasteiger partial charge in [-0.2, -0.15) is 4.98 Å². The SMILES string of the molecule is Cc1ccc(C)c(NC(=O)COc2cc(C)nc(N3CCC[C@@H](C)C3)n2)c1. The van der Waals surface area contributed by atoms with E-state index in [-0.39, 0.29) is 12.5 Å². The zero-order chi connectivity index (χ0) is 19.4. The van der Waals surface area contributed by atoms with Gasteiger partial charge in [0.15, 0.2) is 6.61 Å². The molecule has 1 amide bonds. The summed E-state index contributed by atoms with van der Waals surface area (Å²) in [6.07, 6.45) is 2.39. The van der Waals surface area contributed by atoms with E-state index < -0.39 is 0 Å². The van der Waals surface area contributed by atoms with E-state index >= 15 is 0 Å². The number of nitrogens with zero attached hydrogens (tertiary/aromatic N) is 3. The standard InChI is InChI=1S/C21H28N4O2/c1-14-7-8-16(3)18(10-14)23-19(26)13-27-20-11-17(4)22-21(24-20)25-9-5-6-15(2)12-25/h7-8,10-11,15H,5-6,9,12-13H2,1-4H3,(H,23,26)/t15-/m1/s1. The van der Waals surface area contributed by atoms with Crippen LogP contribution in [0.3, 0.4) is 0 Å². The second-order valence-corrected chi connectivity index (χ2v) is 7.50. The van der Waals surface area contributed by atoms with Gasteiger partial charge >= 0.3 is 0 Å². The van der Waals surface area contributed by atoms with Crippen molar-refractivity contribution in [3.8, 4) is 5.88 Å². The first-order valence-electron chi connectivity index (χ1n) is 9.51. The highest BCUT2D eigenvalue weighted by Crippen LogP contribution is 2.22. The highest BCUT2D eigenvalue weighted by Gasteiger charge is 2.19. The van der Waals surface area contributed by atoms with Gasteiger partial charge in [-0.3, -0.25) is 4.79 Å². The first-order chi connectivity index (χ1) is 12.9. The van der Waals surface area contributed by atoms with Crippen molar-refractivity contribution in [1.29, 1.82) is 0 Å². The second kappa shape index (κ2) is 8.37. The van der Waals surface area contributed by atoms with Crippen molar-refractivity contribution >= 4 is 17.5 Å². The molecule has 0 unspecified atom stereocenters. The number of nitrogens with one attached hydrogen (secondary N) is 1. The highest BCUT2D eigenvalue weighted by atomic mass is 16.5. The lowest BCUT2D eigenvalue weighted by molar-refractivity contribution is -0.118. The predicted octanol–water partition coefficient (Wildman–Crippen LogP) is 3.66. The van der Waals surface area contributed by atoms with Gasteiger partial charge in [-0.25, -0.2) is 4.98 Å². The lowest BCUT2D eigenvalue weighted by Gasteiger charge is -2.31. The summed E-state index contributed by atoms with van der Waals surface area (Å²) in [5, 5.41) is 2.90. The molecule has 1 atom stereocenters. The third kappa shape index (κ3) is 5.18. The summed E-state index contributed by atoms with van der Waals surface area (Å²) < 4.78 is 5.66. The third-order valence-electron chi connectivity index (χ3n) is 4.78. The van der Waals surface area contributed by atoms with E-state index in [0.29, 0.717) is 17.7 Å². The van der Waals surface area contributed by atoms with Gasteiger partial charge in [0, 0.05) is 30.5 Å². The summed E-state index contributed by atoms with van der Waals surface area (Å²) >= 11 is 0. The van der Waals surface area contributed by atoms with E-state index in [9.17, 15) is 4.79 Å². The molecule has 3 rings (SSSR count). The molecular weight excluding hydrogens is 340 g/mol. The van der Waals surface area contributed by atoms with E-state index in [1.807, 2.05) is 39.0 Å². The number of ether oxygens (including phenoxy) is 1. The fraction of sp³-hybridized carbons (Fsp3) is 0.476.